The van der Waals surface area contributed by atoms with Gasteiger partial charge in [-0.1, -0.05) is 41.7 Å². The van der Waals surface area contributed by atoms with E-state index in [1.807, 2.05) is 6.92 Å². The highest BCUT2D eigenvalue weighted by molar-refractivity contribution is 6.43. The summed E-state index contributed by atoms with van der Waals surface area (Å²) in [5.74, 6) is 0.327. The summed E-state index contributed by atoms with van der Waals surface area (Å²) in [6.07, 6.45) is 0.289. The Labute approximate surface area is 138 Å². The molecule has 1 aromatic carbocycles. The number of benzene rings is 1. The van der Waals surface area contributed by atoms with Crippen LogP contribution in [0, 0.1) is 5.92 Å². The predicted molar refractivity (Wildman–Crippen MR) is 83.3 cm³/mol. The Morgan fingerprint density at radius 2 is 2.00 bits per heavy atom. The molecule has 1 aliphatic heterocycles. The van der Waals surface area contributed by atoms with E-state index in [9.17, 15) is 9.90 Å². The number of ether oxygens (including phenoxy) is 1. The summed E-state index contributed by atoms with van der Waals surface area (Å²) >= 11 is 17.7. The van der Waals surface area contributed by atoms with Crippen LogP contribution in [-0.2, 0) is 4.79 Å². The minimum absolute atomic E-state index is 0.154. The van der Waals surface area contributed by atoms with Gasteiger partial charge >= 0.3 is 0 Å². The topological polar surface area (TPSA) is 49.8 Å². The van der Waals surface area contributed by atoms with E-state index in [0.717, 1.165) is 6.42 Å². The summed E-state index contributed by atoms with van der Waals surface area (Å²) in [7, 11) is 0. The van der Waals surface area contributed by atoms with Crippen molar-refractivity contribution in [2.24, 2.45) is 5.92 Å². The maximum atomic E-state index is 12.1. The number of nitrogens with zero attached hydrogens (tertiary/aromatic N) is 1. The van der Waals surface area contributed by atoms with Gasteiger partial charge in [0.1, 0.15) is 5.75 Å². The van der Waals surface area contributed by atoms with Gasteiger partial charge < -0.3 is 14.7 Å². The monoisotopic (exact) mass is 351 g/mol. The Bertz CT molecular complexity index is 538. The average Bonchev–Trinajstić information content (AvgIpc) is 2.44. The molecule has 4 nitrogen and oxygen atoms in total. The molecule has 116 valence electrons. The SMILES string of the molecule is CC1CCN(C(=O)COc2cc(Cl)c(Cl)cc2Cl)CC1O. The summed E-state index contributed by atoms with van der Waals surface area (Å²) in [5, 5.41) is 10.7. The third-order valence-electron chi connectivity index (χ3n) is 3.60. The molecule has 0 saturated carbocycles. The molecule has 7 heteroatoms. The van der Waals surface area contributed by atoms with Gasteiger partial charge in [0, 0.05) is 19.2 Å². The summed E-state index contributed by atoms with van der Waals surface area (Å²) in [6.45, 7) is 2.77. The lowest BCUT2D eigenvalue weighted by atomic mass is 9.96. The van der Waals surface area contributed by atoms with E-state index in [-0.39, 0.29) is 18.4 Å². The number of piperidine rings is 1. The second kappa shape index (κ2) is 7.05. The summed E-state index contributed by atoms with van der Waals surface area (Å²) in [4.78, 5) is 13.7. The molecular weight excluding hydrogens is 337 g/mol. The maximum Gasteiger partial charge on any atom is 0.260 e. The van der Waals surface area contributed by atoms with E-state index in [1.165, 1.54) is 12.1 Å². The summed E-state index contributed by atoms with van der Waals surface area (Å²) < 4.78 is 5.40. The number of carbonyl (C=O) groups is 1. The van der Waals surface area contributed by atoms with Gasteiger partial charge in [0.25, 0.3) is 5.91 Å². The number of rotatable bonds is 3. The Morgan fingerprint density at radius 1 is 1.33 bits per heavy atom. The third kappa shape index (κ3) is 4.16. The minimum atomic E-state index is -0.490. The van der Waals surface area contributed by atoms with Gasteiger partial charge in [0.2, 0.25) is 0 Å². The first-order valence-corrected chi connectivity index (χ1v) is 7.75. The van der Waals surface area contributed by atoms with Gasteiger partial charge in [-0.25, -0.2) is 0 Å². The normalized spacial score (nSPS) is 22.2. The van der Waals surface area contributed by atoms with Crippen LogP contribution in [0.15, 0.2) is 12.1 Å². The van der Waals surface area contributed by atoms with Crippen molar-refractivity contribution >= 4 is 40.7 Å². The van der Waals surface area contributed by atoms with Crippen LogP contribution >= 0.6 is 34.8 Å². The molecule has 0 radical (unpaired) electrons. The molecule has 2 unspecified atom stereocenters. The smallest absolute Gasteiger partial charge is 0.260 e. The fraction of sp³-hybridized carbons (Fsp3) is 0.500. The summed E-state index contributed by atoms with van der Waals surface area (Å²) in [5.41, 5.74) is 0. The molecule has 1 fully saturated rings. The molecule has 1 N–H and O–H groups in total. The van der Waals surface area contributed by atoms with Crippen molar-refractivity contribution in [3.05, 3.63) is 27.2 Å². The van der Waals surface area contributed by atoms with Crippen LogP contribution in [0.2, 0.25) is 15.1 Å². The van der Waals surface area contributed by atoms with E-state index in [4.69, 9.17) is 39.5 Å². The number of hydrogen-bond donors (Lipinski definition) is 1. The number of carbonyl (C=O) groups excluding carboxylic acids is 1. The highest BCUT2D eigenvalue weighted by Gasteiger charge is 2.27. The molecule has 0 spiro atoms. The zero-order valence-electron chi connectivity index (χ0n) is 11.5. The van der Waals surface area contributed by atoms with E-state index < -0.39 is 6.10 Å². The Hall–Kier alpha value is -0.680. The van der Waals surface area contributed by atoms with Crippen LogP contribution in [-0.4, -0.2) is 41.7 Å². The van der Waals surface area contributed by atoms with Crippen molar-refractivity contribution in [3.8, 4) is 5.75 Å². The van der Waals surface area contributed by atoms with Crippen LogP contribution in [0.1, 0.15) is 13.3 Å². The van der Waals surface area contributed by atoms with Gasteiger partial charge in [-0.2, -0.15) is 0 Å². The first-order chi connectivity index (χ1) is 9.88. The second-order valence-corrected chi connectivity index (χ2v) is 6.38. The Balaban J connectivity index is 1.94. The number of amides is 1. The minimum Gasteiger partial charge on any atom is -0.482 e. The number of aliphatic hydroxyl groups is 1. The maximum absolute atomic E-state index is 12.1. The van der Waals surface area contributed by atoms with E-state index in [1.54, 1.807) is 4.90 Å². The number of hydrogen-bond acceptors (Lipinski definition) is 3. The van der Waals surface area contributed by atoms with Crippen LogP contribution in [0.25, 0.3) is 0 Å². The molecular formula is C14H16Cl3NO3. The van der Waals surface area contributed by atoms with Gasteiger partial charge in [-0.15, -0.1) is 0 Å². The molecule has 1 heterocycles. The first kappa shape index (κ1) is 16.7. The number of halogens is 3. The van der Waals surface area contributed by atoms with E-state index >= 15 is 0 Å². The molecule has 21 heavy (non-hydrogen) atoms. The van der Waals surface area contributed by atoms with Crippen molar-refractivity contribution in [2.75, 3.05) is 19.7 Å². The predicted octanol–water partition coefficient (Wildman–Crippen LogP) is 3.25. The van der Waals surface area contributed by atoms with Crippen LogP contribution in [0.5, 0.6) is 5.75 Å². The average molecular weight is 353 g/mol. The highest BCUT2D eigenvalue weighted by Crippen LogP contribution is 2.33. The molecule has 0 bridgehead atoms. The summed E-state index contributed by atoms with van der Waals surface area (Å²) in [6, 6.07) is 2.95. The van der Waals surface area contributed by atoms with Crippen molar-refractivity contribution in [1.29, 1.82) is 0 Å². The van der Waals surface area contributed by atoms with Crippen LogP contribution in [0.3, 0.4) is 0 Å². The van der Waals surface area contributed by atoms with Gasteiger partial charge in [-0.3, -0.25) is 4.79 Å². The lowest BCUT2D eigenvalue weighted by Crippen LogP contribution is -2.47. The second-order valence-electron chi connectivity index (χ2n) is 5.16. The van der Waals surface area contributed by atoms with Crippen molar-refractivity contribution in [1.82, 2.24) is 4.90 Å². The Kier molecular flexibility index (Phi) is 5.60. The number of aliphatic hydroxyl groups excluding tert-OH is 1. The third-order valence-corrected chi connectivity index (χ3v) is 4.61. The van der Waals surface area contributed by atoms with E-state index in [0.29, 0.717) is 33.9 Å². The molecule has 2 atom stereocenters. The van der Waals surface area contributed by atoms with E-state index in [2.05, 4.69) is 0 Å². The van der Waals surface area contributed by atoms with Gasteiger partial charge in [-0.05, 0) is 18.4 Å². The largest absolute Gasteiger partial charge is 0.482 e. The molecule has 1 aromatic rings. The molecule has 1 amide bonds. The fourth-order valence-corrected chi connectivity index (χ4v) is 2.71. The molecule has 1 saturated heterocycles. The number of likely N-dealkylation sites (tertiary alicyclic amines) is 1. The molecule has 0 aliphatic carbocycles. The first-order valence-electron chi connectivity index (χ1n) is 6.61. The lowest BCUT2D eigenvalue weighted by Gasteiger charge is -2.34. The van der Waals surface area contributed by atoms with Gasteiger partial charge in [0.15, 0.2) is 6.61 Å². The Morgan fingerprint density at radius 3 is 2.67 bits per heavy atom. The zero-order valence-corrected chi connectivity index (χ0v) is 13.8. The quantitative estimate of drug-likeness (QED) is 0.850. The standard InChI is InChI=1S/C14H16Cl3NO3/c1-8-2-3-18(6-12(8)19)14(20)7-21-13-5-10(16)9(15)4-11(13)17/h4-5,8,12,19H,2-3,6-7H2,1H3. The highest BCUT2D eigenvalue weighted by atomic mass is 35.5. The molecule has 1 aliphatic rings. The fourth-order valence-electron chi connectivity index (χ4n) is 2.12. The van der Waals surface area contributed by atoms with Crippen molar-refractivity contribution in [3.63, 3.8) is 0 Å². The van der Waals surface area contributed by atoms with Crippen molar-refractivity contribution < 1.29 is 14.6 Å². The van der Waals surface area contributed by atoms with Crippen molar-refractivity contribution in [2.45, 2.75) is 19.4 Å². The molecule has 2 rings (SSSR count). The van der Waals surface area contributed by atoms with Crippen LogP contribution < -0.4 is 4.74 Å². The lowest BCUT2D eigenvalue weighted by molar-refractivity contribution is -0.137. The zero-order chi connectivity index (χ0) is 15.6. The number of β-amino-alcohol motifs (C(OH)–C–C–N with tert-alkyl or cyclic N) is 1. The van der Waals surface area contributed by atoms with Gasteiger partial charge in [0.05, 0.1) is 21.2 Å². The molecule has 0 aromatic heterocycles. The van der Waals surface area contributed by atoms with Crippen LogP contribution in [0.4, 0.5) is 0 Å².